The zero-order chi connectivity index (χ0) is 21.5. The van der Waals surface area contributed by atoms with E-state index in [0.717, 1.165) is 36.9 Å². The monoisotopic (exact) mass is 415 g/mol. The summed E-state index contributed by atoms with van der Waals surface area (Å²) in [5, 5.41) is 12.8. The molecule has 0 aliphatic heterocycles. The van der Waals surface area contributed by atoms with Crippen LogP contribution in [0.1, 0.15) is 56.7 Å². The van der Waals surface area contributed by atoms with E-state index in [1.165, 1.54) is 7.11 Å². The SMILES string of the molecule is CC[C@H](C)NC(=O)O[C@@H]1CC[C@H](c2cc(NC(=O)Cc3ccnc(OC)c3)n[nH]2)C1. The number of carbonyl (C=O) groups excluding carboxylic acids is 2. The van der Waals surface area contributed by atoms with E-state index in [2.05, 4.69) is 25.8 Å². The van der Waals surface area contributed by atoms with E-state index in [1.807, 2.05) is 19.9 Å². The lowest BCUT2D eigenvalue weighted by molar-refractivity contribution is -0.115. The third-order valence-electron chi connectivity index (χ3n) is 5.31. The number of nitrogens with one attached hydrogen (secondary N) is 3. The minimum absolute atomic E-state index is 0.0988. The van der Waals surface area contributed by atoms with E-state index >= 15 is 0 Å². The summed E-state index contributed by atoms with van der Waals surface area (Å²) in [7, 11) is 1.54. The van der Waals surface area contributed by atoms with Gasteiger partial charge in [0.25, 0.3) is 0 Å². The van der Waals surface area contributed by atoms with E-state index in [-0.39, 0.29) is 36.5 Å². The number of hydrogen-bond donors (Lipinski definition) is 3. The summed E-state index contributed by atoms with van der Waals surface area (Å²) in [5.74, 6) is 0.998. The fourth-order valence-corrected chi connectivity index (χ4v) is 3.47. The summed E-state index contributed by atoms with van der Waals surface area (Å²) >= 11 is 0. The lowest BCUT2D eigenvalue weighted by atomic mass is 10.0. The van der Waals surface area contributed by atoms with Crippen molar-refractivity contribution in [2.75, 3.05) is 12.4 Å². The molecule has 1 aliphatic carbocycles. The Labute approximate surface area is 175 Å². The van der Waals surface area contributed by atoms with Crippen molar-refractivity contribution < 1.29 is 19.1 Å². The van der Waals surface area contributed by atoms with Gasteiger partial charge in [0.15, 0.2) is 5.82 Å². The highest BCUT2D eigenvalue weighted by Crippen LogP contribution is 2.35. The number of aromatic nitrogens is 3. The highest BCUT2D eigenvalue weighted by molar-refractivity contribution is 5.91. The fourth-order valence-electron chi connectivity index (χ4n) is 3.47. The highest BCUT2D eigenvalue weighted by Gasteiger charge is 2.30. The molecule has 9 heteroatoms. The van der Waals surface area contributed by atoms with Gasteiger partial charge in [-0.15, -0.1) is 0 Å². The molecule has 1 fully saturated rings. The van der Waals surface area contributed by atoms with Crippen molar-refractivity contribution in [1.29, 1.82) is 0 Å². The van der Waals surface area contributed by atoms with Gasteiger partial charge in [0.05, 0.1) is 13.5 Å². The number of aromatic amines is 1. The molecule has 0 bridgehead atoms. The molecule has 3 atom stereocenters. The molecule has 9 nitrogen and oxygen atoms in total. The standard InChI is InChI=1S/C21H29N5O4/c1-4-13(2)23-21(28)30-16-6-5-15(11-16)17-12-18(26-25-17)24-19(27)9-14-7-8-22-20(10-14)29-3/h7-8,10,12-13,15-16H,4-6,9,11H2,1-3H3,(H,23,28)(H2,24,25,26,27)/t13-,15-,16+/m0/s1. The van der Waals surface area contributed by atoms with Crippen LogP contribution in [-0.4, -0.2) is 46.4 Å². The second kappa shape index (κ2) is 10.1. The molecule has 0 unspecified atom stereocenters. The van der Waals surface area contributed by atoms with Crippen LogP contribution < -0.4 is 15.4 Å². The van der Waals surface area contributed by atoms with Crippen LogP contribution in [0.2, 0.25) is 0 Å². The molecule has 2 aromatic heterocycles. The number of alkyl carbamates (subject to hydrolysis) is 1. The first-order valence-corrected chi connectivity index (χ1v) is 10.3. The number of hydrogen-bond acceptors (Lipinski definition) is 6. The number of methoxy groups -OCH3 is 1. The molecule has 1 saturated carbocycles. The van der Waals surface area contributed by atoms with Crippen LogP contribution in [-0.2, 0) is 16.0 Å². The number of nitrogens with zero attached hydrogens (tertiary/aromatic N) is 2. The molecular formula is C21H29N5O4. The maximum absolute atomic E-state index is 12.3. The molecule has 0 saturated heterocycles. The normalized spacial score (nSPS) is 19.2. The number of rotatable bonds is 8. The van der Waals surface area contributed by atoms with E-state index in [1.54, 1.807) is 18.3 Å². The molecule has 2 amide bonds. The minimum Gasteiger partial charge on any atom is -0.481 e. The average molecular weight is 415 g/mol. The summed E-state index contributed by atoms with van der Waals surface area (Å²) in [6.45, 7) is 3.96. The smallest absolute Gasteiger partial charge is 0.407 e. The zero-order valence-electron chi connectivity index (χ0n) is 17.6. The predicted molar refractivity (Wildman–Crippen MR) is 111 cm³/mol. The van der Waals surface area contributed by atoms with Crippen LogP contribution in [0.15, 0.2) is 24.4 Å². The van der Waals surface area contributed by atoms with Gasteiger partial charge in [0, 0.05) is 36.0 Å². The minimum atomic E-state index is -0.361. The molecule has 2 aromatic rings. The Morgan fingerprint density at radius 3 is 2.93 bits per heavy atom. The number of H-pyrrole nitrogens is 1. The topological polar surface area (TPSA) is 118 Å². The van der Waals surface area contributed by atoms with Gasteiger partial charge >= 0.3 is 6.09 Å². The summed E-state index contributed by atoms with van der Waals surface area (Å²) in [6, 6.07) is 5.44. The van der Waals surface area contributed by atoms with Crippen molar-refractivity contribution in [2.24, 2.45) is 0 Å². The van der Waals surface area contributed by atoms with Gasteiger partial charge in [0.1, 0.15) is 6.10 Å². The van der Waals surface area contributed by atoms with Gasteiger partial charge < -0.3 is 20.1 Å². The van der Waals surface area contributed by atoms with Crippen molar-refractivity contribution >= 4 is 17.8 Å². The lowest BCUT2D eigenvalue weighted by Gasteiger charge is -2.16. The van der Waals surface area contributed by atoms with Crippen LogP contribution in [0.5, 0.6) is 5.88 Å². The van der Waals surface area contributed by atoms with Crippen molar-refractivity contribution in [3.8, 4) is 5.88 Å². The molecule has 0 spiro atoms. The van der Waals surface area contributed by atoms with Crippen LogP contribution in [0.3, 0.4) is 0 Å². The second-order valence-electron chi connectivity index (χ2n) is 7.63. The Hall–Kier alpha value is -3.10. The first-order chi connectivity index (χ1) is 14.5. The zero-order valence-corrected chi connectivity index (χ0v) is 17.6. The van der Waals surface area contributed by atoms with E-state index in [4.69, 9.17) is 9.47 Å². The lowest BCUT2D eigenvalue weighted by Crippen LogP contribution is -2.34. The number of pyridine rings is 1. The Kier molecular flexibility index (Phi) is 7.26. The van der Waals surface area contributed by atoms with Gasteiger partial charge in [-0.3, -0.25) is 9.89 Å². The van der Waals surface area contributed by atoms with Gasteiger partial charge in [-0.25, -0.2) is 9.78 Å². The molecule has 2 heterocycles. The third-order valence-corrected chi connectivity index (χ3v) is 5.31. The Bertz CT molecular complexity index is 869. The van der Waals surface area contributed by atoms with Gasteiger partial charge in [0.2, 0.25) is 11.8 Å². The fraction of sp³-hybridized carbons (Fsp3) is 0.524. The molecular weight excluding hydrogens is 386 g/mol. The molecule has 3 rings (SSSR count). The maximum Gasteiger partial charge on any atom is 0.407 e. The molecule has 1 aliphatic rings. The van der Waals surface area contributed by atoms with Crippen LogP contribution in [0.25, 0.3) is 0 Å². The number of anilines is 1. The van der Waals surface area contributed by atoms with Crippen LogP contribution in [0, 0.1) is 0 Å². The maximum atomic E-state index is 12.3. The quantitative estimate of drug-likeness (QED) is 0.609. The van der Waals surface area contributed by atoms with Gasteiger partial charge in [-0.05, 0) is 44.2 Å². The Morgan fingerprint density at radius 1 is 1.33 bits per heavy atom. The first-order valence-electron chi connectivity index (χ1n) is 10.3. The highest BCUT2D eigenvalue weighted by atomic mass is 16.6. The first kappa shape index (κ1) is 21.6. The summed E-state index contributed by atoms with van der Waals surface area (Å²) in [6.07, 6.45) is 4.64. The second-order valence-corrected chi connectivity index (χ2v) is 7.63. The summed E-state index contributed by atoms with van der Waals surface area (Å²) in [4.78, 5) is 28.3. The van der Waals surface area contributed by atoms with E-state index in [9.17, 15) is 9.59 Å². The Balaban J connectivity index is 1.49. The van der Waals surface area contributed by atoms with Crippen molar-refractivity contribution in [2.45, 2.75) is 64.0 Å². The van der Waals surface area contributed by atoms with Gasteiger partial charge in [-0.2, -0.15) is 5.10 Å². The molecule has 0 aromatic carbocycles. The van der Waals surface area contributed by atoms with Crippen molar-refractivity contribution in [3.63, 3.8) is 0 Å². The Morgan fingerprint density at radius 2 is 2.17 bits per heavy atom. The molecule has 3 N–H and O–H groups in total. The van der Waals surface area contributed by atoms with Crippen molar-refractivity contribution in [3.05, 3.63) is 35.7 Å². The predicted octanol–water partition coefficient (Wildman–Crippen LogP) is 3.16. The molecule has 30 heavy (non-hydrogen) atoms. The molecule has 0 radical (unpaired) electrons. The van der Waals surface area contributed by atoms with Crippen molar-refractivity contribution in [1.82, 2.24) is 20.5 Å². The summed E-state index contributed by atoms with van der Waals surface area (Å²) in [5.41, 5.74) is 1.74. The van der Waals surface area contributed by atoms with E-state index < -0.39 is 0 Å². The van der Waals surface area contributed by atoms with Crippen LogP contribution >= 0.6 is 0 Å². The molecule has 162 valence electrons. The van der Waals surface area contributed by atoms with E-state index in [0.29, 0.717) is 11.7 Å². The number of ether oxygens (including phenoxy) is 2. The third kappa shape index (κ3) is 5.95. The summed E-state index contributed by atoms with van der Waals surface area (Å²) < 4.78 is 10.6. The largest absolute Gasteiger partial charge is 0.481 e. The average Bonchev–Trinajstić information content (AvgIpc) is 3.37. The number of carbonyl (C=O) groups is 2. The van der Waals surface area contributed by atoms with Gasteiger partial charge in [-0.1, -0.05) is 6.92 Å². The number of amides is 2. The van der Waals surface area contributed by atoms with Crippen LogP contribution in [0.4, 0.5) is 10.6 Å².